The molecule has 0 atom stereocenters. The lowest BCUT2D eigenvalue weighted by Gasteiger charge is -2.35. The number of thiophene rings is 1. The Hall–Kier alpha value is -1.60. The molecule has 1 fully saturated rings. The first kappa shape index (κ1) is 15.8. The molecule has 4 N–H and O–H groups in total. The van der Waals surface area contributed by atoms with E-state index in [1.807, 2.05) is 0 Å². The van der Waals surface area contributed by atoms with Gasteiger partial charge in [-0.2, -0.15) is 0 Å². The quantitative estimate of drug-likeness (QED) is 0.796. The highest BCUT2D eigenvalue weighted by molar-refractivity contribution is 7.19. The minimum absolute atomic E-state index is 0.129. The SMILES string of the molecule is CCCN1CCN(c2sc(C(C)=O)c(N)c2C(N)=O)CC1. The lowest BCUT2D eigenvalue weighted by Crippen LogP contribution is -2.46. The van der Waals surface area contributed by atoms with Crippen molar-refractivity contribution in [1.29, 1.82) is 0 Å². The maximum atomic E-state index is 11.7. The molecule has 0 saturated carbocycles. The molecule has 0 aromatic carbocycles. The van der Waals surface area contributed by atoms with Gasteiger partial charge in [0.2, 0.25) is 0 Å². The molecule has 1 amide bonds. The second-order valence-corrected chi connectivity index (χ2v) is 6.27. The molecule has 1 aliphatic rings. The molecule has 0 spiro atoms. The van der Waals surface area contributed by atoms with Crippen LogP contribution >= 0.6 is 11.3 Å². The number of nitrogen functional groups attached to an aromatic ring is 1. The number of Topliss-reactive ketones (excluding diaryl/α,β-unsaturated/α-hetero) is 1. The van der Waals surface area contributed by atoms with E-state index in [9.17, 15) is 9.59 Å². The predicted octanol–water partition coefficient (Wildman–Crippen LogP) is 1.16. The van der Waals surface area contributed by atoms with Crippen LogP contribution in [0.5, 0.6) is 0 Å². The number of carbonyl (C=O) groups excluding carboxylic acids is 2. The van der Waals surface area contributed by atoms with Crippen LogP contribution in [0, 0.1) is 0 Å². The number of rotatable bonds is 5. The zero-order chi connectivity index (χ0) is 15.6. The van der Waals surface area contributed by atoms with Gasteiger partial charge in [0, 0.05) is 33.1 Å². The largest absolute Gasteiger partial charge is 0.397 e. The zero-order valence-corrected chi connectivity index (χ0v) is 13.3. The molecule has 0 radical (unpaired) electrons. The average molecular weight is 310 g/mol. The number of nitrogens with zero attached hydrogens (tertiary/aromatic N) is 2. The summed E-state index contributed by atoms with van der Waals surface area (Å²) in [5.74, 6) is -0.696. The zero-order valence-electron chi connectivity index (χ0n) is 12.5. The van der Waals surface area contributed by atoms with Gasteiger partial charge < -0.3 is 16.4 Å². The number of nitrogens with two attached hydrogens (primary N) is 2. The van der Waals surface area contributed by atoms with E-state index in [0.717, 1.165) is 44.1 Å². The Morgan fingerprint density at radius 2 is 1.86 bits per heavy atom. The van der Waals surface area contributed by atoms with Crippen LogP contribution in [0.25, 0.3) is 0 Å². The summed E-state index contributed by atoms with van der Waals surface area (Å²) < 4.78 is 0. The Balaban J connectivity index is 2.26. The maximum absolute atomic E-state index is 11.7. The Bertz CT molecular complexity index is 547. The molecule has 0 unspecified atom stereocenters. The van der Waals surface area contributed by atoms with E-state index in [1.165, 1.54) is 18.3 Å². The Morgan fingerprint density at radius 1 is 1.24 bits per heavy atom. The molecule has 2 heterocycles. The van der Waals surface area contributed by atoms with Crippen molar-refractivity contribution >= 4 is 33.7 Å². The molecule has 1 aliphatic heterocycles. The molecule has 116 valence electrons. The fraction of sp³-hybridized carbons (Fsp3) is 0.571. The third kappa shape index (κ3) is 3.19. The van der Waals surface area contributed by atoms with Gasteiger partial charge in [0.25, 0.3) is 5.91 Å². The number of hydrogen-bond donors (Lipinski definition) is 2. The predicted molar refractivity (Wildman–Crippen MR) is 86.2 cm³/mol. The summed E-state index contributed by atoms with van der Waals surface area (Å²) in [5.41, 5.74) is 11.9. The van der Waals surface area contributed by atoms with Crippen molar-refractivity contribution in [3.8, 4) is 0 Å². The Kier molecular flexibility index (Phi) is 4.84. The first-order valence-electron chi connectivity index (χ1n) is 7.16. The molecule has 21 heavy (non-hydrogen) atoms. The van der Waals surface area contributed by atoms with Crippen molar-refractivity contribution in [3.63, 3.8) is 0 Å². The van der Waals surface area contributed by atoms with E-state index in [-0.39, 0.29) is 11.5 Å². The summed E-state index contributed by atoms with van der Waals surface area (Å²) in [4.78, 5) is 28.2. The summed E-state index contributed by atoms with van der Waals surface area (Å²) in [5, 5.41) is 0.737. The lowest BCUT2D eigenvalue weighted by atomic mass is 10.2. The standard InChI is InChI=1S/C14H22N4O2S/c1-3-4-17-5-7-18(8-6-17)14-10(13(16)20)11(15)12(21-14)9(2)19/h3-8,15H2,1-2H3,(H2,16,20). The average Bonchev–Trinajstić information content (AvgIpc) is 2.78. The first-order valence-corrected chi connectivity index (χ1v) is 7.97. The molecule has 0 bridgehead atoms. The minimum atomic E-state index is -0.567. The lowest BCUT2D eigenvalue weighted by molar-refractivity contribution is 0.100. The highest BCUT2D eigenvalue weighted by atomic mass is 32.1. The van der Waals surface area contributed by atoms with Crippen LogP contribution in [0.1, 0.15) is 40.3 Å². The van der Waals surface area contributed by atoms with Crippen LogP contribution in [0.2, 0.25) is 0 Å². The summed E-state index contributed by atoms with van der Waals surface area (Å²) in [6.07, 6.45) is 1.13. The highest BCUT2D eigenvalue weighted by Gasteiger charge is 2.27. The number of piperazine rings is 1. The normalized spacial score (nSPS) is 16.2. The number of amides is 1. The second-order valence-electron chi connectivity index (χ2n) is 5.27. The minimum Gasteiger partial charge on any atom is -0.397 e. The summed E-state index contributed by atoms with van der Waals surface area (Å²) in [7, 11) is 0. The second kappa shape index (κ2) is 6.44. The van der Waals surface area contributed by atoms with E-state index < -0.39 is 5.91 Å². The van der Waals surface area contributed by atoms with Crippen LogP contribution in [-0.2, 0) is 0 Å². The van der Waals surface area contributed by atoms with Gasteiger partial charge in [0.1, 0.15) is 5.00 Å². The van der Waals surface area contributed by atoms with Gasteiger partial charge in [-0.1, -0.05) is 6.92 Å². The van der Waals surface area contributed by atoms with E-state index in [0.29, 0.717) is 10.4 Å². The number of anilines is 2. The molecule has 1 aromatic heterocycles. The smallest absolute Gasteiger partial charge is 0.253 e. The van der Waals surface area contributed by atoms with Gasteiger partial charge >= 0.3 is 0 Å². The fourth-order valence-electron chi connectivity index (χ4n) is 2.64. The molecule has 0 aliphatic carbocycles. The molecular weight excluding hydrogens is 288 g/mol. The maximum Gasteiger partial charge on any atom is 0.253 e. The van der Waals surface area contributed by atoms with Crippen molar-refractivity contribution in [1.82, 2.24) is 4.90 Å². The van der Waals surface area contributed by atoms with Crippen LogP contribution in [0.4, 0.5) is 10.7 Å². The summed E-state index contributed by atoms with van der Waals surface area (Å²) in [6, 6.07) is 0. The van der Waals surface area contributed by atoms with Crippen molar-refractivity contribution in [2.45, 2.75) is 20.3 Å². The van der Waals surface area contributed by atoms with Crippen molar-refractivity contribution in [2.75, 3.05) is 43.4 Å². The topological polar surface area (TPSA) is 92.7 Å². The fourth-order valence-corrected chi connectivity index (χ4v) is 3.82. The molecule has 6 nitrogen and oxygen atoms in total. The van der Waals surface area contributed by atoms with E-state index in [4.69, 9.17) is 11.5 Å². The summed E-state index contributed by atoms with van der Waals surface area (Å²) >= 11 is 1.28. The van der Waals surface area contributed by atoms with Gasteiger partial charge in [-0.3, -0.25) is 14.5 Å². The van der Waals surface area contributed by atoms with Gasteiger partial charge in [-0.25, -0.2) is 0 Å². The number of ketones is 1. The summed E-state index contributed by atoms with van der Waals surface area (Å²) in [6.45, 7) is 8.22. The molecule has 7 heteroatoms. The van der Waals surface area contributed by atoms with Crippen LogP contribution in [-0.4, -0.2) is 49.3 Å². The van der Waals surface area contributed by atoms with Gasteiger partial charge in [0.05, 0.1) is 16.1 Å². The van der Waals surface area contributed by atoms with E-state index in [1.54, 1.807) is 0 Å². The van der Waals surface area contributed by atoms with Crippen molar-refractivity contribution in [2.24, 2.45) is 5.73 Å². The monoisotopic (exact) mass is 310 g/mol. The van der Waals surface area contributed by atoms with Crippen molar-refractivity contribution < 1.29 is 9.59 Å². The van der Waals surface area contributed by atoms with Gasteiger partial charge in [-0.15, -0.1) is 11.3 Å². The van der Waals surface area contributed by atoms with Crippen LogP contribution in [0.3, 0.4) is 0 Å². The number of carbonyl (C=O) groups is 2. The van der Waals surface area contributed by atoms with Crippen LogP contribution in [0.15, 0.2) is 0 Å². The molecule has 1 aromatic rings. The third-order valence-corrected chi connectivity index (χ3v) is 5.06. The Labute approximate surface area is 128 Å². The number of primary amides is 1. The third-order valence-electron chi connectivity index (χ3n) is 3.69. The molecule has 1 saturated heterocycles. The van der Waals surface area contributed by atoms with Gasteiger partial charge in [-0.05, 0) is 13.0 Å². The highest BCUT2D eigenvalue weighted by Crippen LogP contribution is 2.38. The van der Waals surface area contributed by atoms with Crippen molar-refractivity contribution in [3.05, 3.63) is 10.4 Å². The number of hydrogen-bond acceptors (Lipinski definition) is 6. The van der Waals surface area contributed by atoms with Crippen LogP contribution < -0.4 is 16.4 Å². The first-order chi connectivity index (χ1) is 9.95. The van der Waals surface area contributed by atoms with E-state index in [2.05, 4.69) is 16.7 Å². The van der Waals surface area contributed by atoms with E-state index >= 15 is 0 Å². The molecular formula is C14H22N4O2S. The molecule has 2 rings (SSSR count). The van der Waals surface area contributed by atoms with Gasteiger partial charge in [0.15, 0.2) is 5.78 Å². The Morgan fingerprint density at radius 3 is 2.33 bits per heavy atom.